The van der Waals surface area contributed by atoms with Gasteiger partial charge in [0.1, 0.15) is 17.7 Å². The average molecular weight is 617 g/mol. The quantitative estimate of drug-likeness (QED) is 0.213. The number of alkyl halides is 1. The molecule has 1 atom stereocenters. The number of hydrogen-bond donors (Lipinski definition) is 1. The van der Waals surface area contributed by atoms with Crippen molar-refractivity contribution in [3.63, 3.8) is 0 Å². The Bertz CT molecular complexity index is 1610. The fourth-order valence-corrected chi connectivity index (χ4v) is 4.97. The molecule has 3 aromatic carbocycles. The highest BCUT2D eigenvalue weighted by Crippen LogP contribution is 2.29. The summed E-state index contributed by atoms with van der Waals surface area (Å²) in [5, 5.41) is 10.7. The Kier molecular flexibility index (Phi) is 10.4. The van der Waals surface area contributed by atoms with Gasteiger partial charge in [-0.2, -0.15) is 0 Å². The SMILES string of the molecule is CO[B]N(Cc1ccc(-c2ccc(N3C[C@H](CNC(=O)CF)OC3=O)cc2F)cc1)Cc1cnnn1Cc1ccc(OC)cc1. The van der Waals surface area contributed by atoms with Crippen LogP contribution in [-0.2, 0) is 33.8 Å². The number of nitrogens with one attached hydrogen (secondary N) is 1. The first kappa shape index (κ1) is 31.6. The maximum absolute atomic E-state index is 15.2. The maximum Gasteiger partial charge on any atom is 0.414 e. The summed E-state index contributed by atoms with van der Waals surface area (Å²) in [6.07, 6.45) is 0.397. The van der Waals surface area contributed by atoms with Crippen molar-refractivity contribution in [2.24, 2.45) is 0 Å². The highest BCUT2D eigenvalue weighted by molar-refractivity contribution is 6.23. The van der Waals surface area contributed by atoms with Gasteiger partial charge in [0.25, 0.3) is 5.91 Å². The van der Waals surface area contributed by atoms with Gasteiger partial charge in [-0.1, -0.05) is 41.6 Å². The van der Waals surface area contributed by atoms with E-state index in [1.165, 1.54) is 11.0 Å². The first-order chi connectivity index (χ1) is 21.9. The van der Waals surface area contributed by atoms with Crippen LogP contribution in [0.3, 0.4) is 0 Å². The van der Waals surface area contributed by atoms with Crippen molar-refractivity contribution in [2.75, 3.05) is 38.9 Å². The molecule has 5 rings (SSSR count). The summed E-state index contributed by atoms with van der Waals surface area (Å²) in [4.78, 5) is 26.8. The molecule has 0 bridgehead atoms. The standard InChI is InChI=1S/C31H32BF2N6O5/c1-43-26-10-5-22(6-11-26)18-40-25(15-36-37-40)19-38(32-44-2)17-21-3-7-23(8-4-21)28-12-9-24(13-29(28)34)39-20-27(45-31(39)42)16-35-30(41)14-33/h3-13,15,27H,14,16-20H2,1-2H3,(H,35,41)/t27-/m0/s1. The third-order valence-electron chi connectivity index (χ3n) is 7.25. The smallest absolute Gasteiger partial charge is 0.414 e. The second-order valence-corrected chi connectivity index (χ2v) is 10.4. The van der Waals surface area contributed by atoms with Crippen molar-refractivity contribution in [3.8, 4) is 16.9 Å². The minimum atomic E-state index is -1.15. The number of ether oxygens (including phenoxy) is 2. The second-order valence-electron chi connectivity index (χ2n) is 10.4. The van der Waals surface area contributed by atoms with E-state index in [9.17, 15) is 14.0 Å². The largest absolute Gasteiger partial charge is 0.497 e. The molecule has 0 aliphatic carbocycles. The third-order valence-corrected chi connectivity index (χ3v) is 7.25. The van der Waals surface area contributed by atoms with E-state index in [0.717, 1.165) is 22.6 Å². The van der Waals surface area contributed by atoms with Gasteiger partial charge in [-0.3, -0.25) is 9.69 Å². The van der Waals surface area contributed by atoms with Crippen molar-refractivity contribution in [1.82, 2.24) is 25.1 Å². The molecule has 11 nitrogen and oxygen atoms in total. The predicted octanol–water partition coefficient (Wildman–Crippen LogP) is 3.73. The van der Waals surface area contributed by atoms with Crippen molar-refractivity contribution in [2.45, 2.75) is 25.7 Å². The Balaban J connectivity index is 1.21. The number of hydrogen-bond acceptors (Lipinski definition) is 8. The molecule has 1 aliphatic rings. The molecule has 0 saturated carbocycles. The van der Waals surface area contributed by atoms with E-state index in [0.29, 0.717) is 36.4 Å². The minimum absolute atomic E-state index is 0.0261. The minimum Gasteiger partial charge on any atom is -0.497 e. The number of methoxy groups -OCH3 is 1. The highest BCUT2D eigenvalue weighted by atomic mass is 19.1. The summed E-state index contributed by atoms with van der Waals surface area (Å²) >= 11 is 0. The molecule has 2 heterocycles. The van der Waals surface area contributed by atoms with Crippen molar-refractivity contribution < 1.29 is 32.5 Å². The molecule has 1 aromatic heterocycles. The average Bonchev–Trinajstić information content (AvgIpc) is 3.65. The number of amides is 2. The van der Waals surface area contributed by atoms with Crippen molar-refractivity contribution >= 4 is 25.3 Å². The van der Waals surface area contributed by atoms with Crippen LogP contribution in [0.1, 0.15) is 16.8 Å². The van der Waals surface area contributed by atoms with E-state index in [1.807, 2.05) is 58.0 Å². The van der Waals surface area contributed by atoms with Gasteiger partial charge in [0, 0.05) is 25.8 Å². The first-order valence-electron chi connectivity index (χ1n) is 14.2. The monoisotopic (exact) mass is 617 g/mol. The van der Waals surface area contributed by atoms with Gasteiger partial charge in [-0.25, -0.2) is 18.3 Å². The van der Waals surface area contributed by atoms with Gasteiger partial charge in [-0.15, -0.1) is 5.10 Å². The molecule has 2 amide bonds. The van der Waals surface area contributed by atoms with Gasteiger partial charge in [-0.05, 0) is 47.0 Å². The summed E-state index contributed by atoms with van der Waals surface area (Å²) < 4.78 is 45.2. The molecule has 0 unspecified atom stereocenters. The van der Waals surface area contributed by atoms with Crippen LogP contribution in [0.5, 0.6) is 5.75 Å². The third kappa shape index (κ3) is 8.02. The number of benzene rings is 3. The molecule has 0 spiro atoms. The molecule has 1 fully saturated rings. The lowest BCUT2D eigenvalue weighted by molar-refractivity contribution is -0.122. The van der Waals surface area contributed by atoms with Crippen LogP contribution in [0, 0.1) is 5.82 Å². The summed E-state index contributed by atoms with van der Waals surface area (Å²) in [7, 11) is 4.85. The fourth-order valence-electron chi connectivity index (χ4n) is 4.97. The van der Waals surface area contributed by atoms with Gasteiger partial charge < -0.3 is 24.3 Å². The van der Waals surface area contributed by atoms with Crippen LogP contribution in [0.4, 0.5) is 19.3 Å². The van der Waals surface area contributed by atoms with Crippen molar-refractivity contribution in [1.29, 1.82) is 0 Å². The molecular formula is C31H32BF2N6O5. The molecule has 1 radical (unpaired) electrons. The van der Waals surface area contributed by atoms with Gasteiger partial charge >= 0.3 is 13.7 Å². The number of aromatic nitrogens is 3. The molecule has 14 heteroatoms. The fraction of sp³-hybridized carbons (Fsp3) is 0.290. The van der Waals surface area contributed by atoms with Gasteiger partial charge in [0.15, 0.2) is 6.67 Å². The van der Waals surface area contributed by atoms with Gasteiger partial charge in [0.2, 0.25) is 0 Å². The second kappa shape index (κ2) is 14.8. The molecule has 1 N–H and O–H groups in total. The molecular weight excluding hydrogens is 585 g/mol. The van der Waals surface area contributed by atoms with Crippen LogP contribution in [0.15, 0.2) is 72.9 Å². The number of carbonyl (C=O) groups is 2. The lowest BCUT2D eigenvalue weighted by Crippen LogP contribution is -2.35. The van der Waals surface area contributed by atoms with Crippen LogP contribution in [0.25, 0.3) is 11.1 Å². The van der Waals surface area contributed by atoms with E-state index in [4.69, 9.17) is 14.1 Å². The van der Waals surface area contributed by atoms with Crippen LogP contribution in [-0.4, -0.2) is 79.5 Å². The van der Waals surface area contributed by atoms with E-state index < -0.39 is 30.6 Å². The van der Waals surface area contributed by atoms with Crippen LogP contribution < -0.4 is 15.0 Å². The number of carbonyl (C=O) groups excluding carboxylic acids is 2. The Morgan fingerprint density at radius 1 is 1.09 bits per heavy atom. The van der Waals surface area contributed by atoms with Crippen molar-refractivity contribution in [3.05, 3.63) is 95.6 Å². The zero-order valence-electron chi connectivity index (χ0n) is 24.9. The topological polar surface area (TPSA) is 111 Å². The number of cyclic esters (lactones) is 1. The Morgan fingerprint density at radius 3 is 2.53 bits per heavy atom. The highest BCUT2D eigenvalue weighted by Gasteiger charge is 2.33. The van der Waals surface area contributed by atoms with Gasteiger partial charge in [0.05, 0.1) is 44.3 Å². The predicted molar refractivity (Wildman–Crippen MR) is 163 cm³/mol. The van der Waals surface area contributed by atoms with E-state index >= 15 is 4.39 Å². The molecule has 1 aliphatic heterocycles. The molecule has 45 heavy (non-hydrogen) atoms. The van der Waals surface area contributed by atoms with E-state index in [2.05, 4.69) is 15.6 Å². The lowest BCUT2D eigenvalue weighted by atomic mass is 10.0. The Morgan fingerprint density at radius 2 is 1.84 bits per heavy atom. The zero-order valence-corrected chi connectivity index (χ0v) is 24.9. The Labute approximate surface area is 260 Å². The summed E-state index contributed by atoms with van der Waals surface area (Å²) in [5.41, 5.74) is 4.30. The number of anilines is 1. The number of halogens is 2. The van der Waals surface area contributed by atoms with Crippen LogP contribution in [0.2, 0.25) is 0 Å². The summed E-state index contributed by atoms with van der Waals surface area (Å²) in [6.45, 7) is 0.494. The number of rotatable bonds is 14. The zero-order chi connectivity index (χ0) is 31.8. The molecule has 1 saturated heterocycles. The Hall–Kier alpha value is -4.82. The maximum atomic E-state index is 15.2. The summed E-state index contributed by atoms with van der Waals surface area (Å²) in [5.74, 6) is -0.511. The van der Waals surface area contributed by atoms with Crippen LogP contribution >= 0.6 is 0 Å². The lowest BCUT2D eigenvalue weighted by Gasteiger charge is -2.20. The van der Waals surface area contributed by atoms with E-state index in [-0.39, 0.29) is 13.1 Å². The molecule has 233 valence electrons. The van der Waals surface area contributed by atoms with E-state index in [1.54, 1.807) is 40.2 Å². The molecule has 4 aromatic rings. The normalized spacial score (nSPS) is 14.5. The number of nitrogens with zero attached hydrogens (tertiary/aromatic N) is 5. The first-order valence-corrected chi connectivity index (χ1v) is 14.2. The summed E-state index contributed by atoms with van der Waals surface area (Å²) in [6, 6.07) is 19.8.